The molecule has 80 valence electrons. The number of hydrogen-bond acceptors (Lipinski definition) is 2. The van der Waals surface area contributed by atoms with Crippen LogP contribution in [0.25, 0.3) is 0 Å². The molecule has 1 aliphatic rings. The van der Waals surface area contributed by atoms with Gasteiger partial charge in [-0.3, -0.25) is 9.59 Å². The van der Waals surface area contributed by atoms with Crippen LogP contribution in [0.4, 0.5) is 0 Å². The van der Waals surface area contributed by atoms with Gasteiger partial charge in [-0.2, -0.15) is 0 Å². The van der Waals surface area contributed by atoms with Crippen molar-refractivity contribution in [3.8, 4) is 0 Å². The third-order valence-electron chi connectivity index (χ3n) is 2.60. The molecule has 0 N–H and O–H groups in total. The number of carbonyl (C=O) groups is 2. The predicted molar refractivity (Wildman–Crippen MR) is 54.8 cm³/mol. The van der Waals surface area contributed by atoms with E-state index in [1.807, 2.05) is 11.8 Å². The van der Waals surface area contributed by atoms with Crippen molar-refractivity contribution in [1.82, 2.24) is 4.90 Å². The summed E-state index contributed by atoms with van der Waals surface area (Å²) in [7, 11) is 0. The van der Waals surface area contributed by atoms with Crippen LogP contribution in [0.15, 0.2) is 0 Å². The van der Waals surface area contributed by atoms with Crippen molar-refractivity contribution in [3.05, 3.63) is 0 Å². The van der Waals surface area contributed by atoms with E-state index in [1.54, 1.807) is 0 Å². The molecule has 1 unspecified atom stereocenters. The second kappa shape index (κ2) is 4.58. The Kier molecular flexibility index (Phi) is 3.67. The predicted octanol–water partition coefficient (Wildman–Crippen LogP) is 1.47. The third-order valence-corrected chi connectivity index (χ3v) is 2.60. The topological polar surface area (TPSA) is 37.4 Å². The van der Waals surface area contributed by atoms with Crippen LogP contribution in [0, 0.1) is 11.8 Å². The van der Waals surface area contributed by atoms with Gasteiger partial charge in [0.25, 0.3) is 0 Å². The normalized spacial score (nSPS) is 22.1. The van der Waals surface area contributed by atoms with E-state index >= 15 is 0 Å². The summed E-state index contributed by atoms with van der Waals surface area (Å²) >= 11 is 0. The fourth-order valence-electron chi connectivity index (χ4n) is 1.89. The van der Waals surface area contributed by atoms with Gasteiger partial charge in [0.1, 0.15) is 5.78 Å². The molecule has 1 amide bonds. The first-order valence-corrected chi connectivity index (χ1v) is 5.35. The number of likely N-dealkylation sites (tertiary alicyclic amines) is 1. The standard InChI is InChI=1S/C11H19NO2/c1-4-10(13)9-5-11(14)12(7-9)6-8(2)3/h8-9H,4-7H2,1-3H3. The van der Waals surface area contributed by atoms with Gasteiger partial charge in [0, 0.05) is 31.8 Å². The van der Waals surface area contributed by atoms with Gasteiger partial charge in [0.15, 0.2) is 0 Å². The first-order valence-electron chi connectivity index (χ1n) is 5.35. The van der Waals surface area contributed by atoms with E-state index in [2.05, 4.69) is 13.8 Å². The van der Waals surface area contributed by atoms with Crippen LogP contribution < -0.4 is 0 Å². The zero-order chi connectivity index (χ0) is 10.7. The summed E-state index contributed by atoms with van der Waals surface area (Å²) in [6.07, 6.45) is 0.979. The number of rotatable bonds is 4. The largest absolute Gasteiger partial charge is 0.342 e. The first kappa shape index (κ1) is 11.2. The number of hydrogen-bond donors (Lipinski definition) is 0. The van der Waals surface area contributed by atoms with Crippen LogP contribution in [0.5, 0.6) is 0 Å². The number of amides is 1. The Bertz CT molecular complexity index is 235. The van der Waals surface area contributed by atoms with Gasteiger partial charge in [-0.05, 0) is 5.92 Å². The number of carbonyl (C=O) groups excluding carboxylic acids is 2. The van der Waals surface area contributed by atoms with Crippen LogP contribution in [-0.4, -0.2) is 29.7 Å². The van der Waals surface area contributed by atoms with Crippen molar-refractivity contribution in [2.45, 2.75) is 33.6 Å². The maximum Gasteiger partial charge on any atom is 0.223 e. The summed E-state index contributed by atoms with van der Waals surface area (Å²) in [4.78, 5) is 24.7. The van der Waals surface area contributed by atoms with Crippen molar-refractivity contribution < 1.29 is 9.59 Å². The van der Waals surface area contributed by atoms with E-state index in [9.17, 15) is 9.59 Å². The zero-order valence-corrected chi connectivity index (χ0v) is 9.25. The molecule has 0 aromatic heterocycles. The van der Waals surface area contributed by atoms with Crippen molar-refractivity contribution in [2.75, 3.05) is 13.1 Å². The molecule has 0 bridgehead atoms. The van der Waals surface area contributed by atoms with Gasteiger partial charge in [-0.25, -0.2) is 0 Å². The summed E-state index contributed by atoms with van der Waals surface area (Å²) in [6.45, 7) is 7.46. The second-order valence-electron chi connectivity index (χ2n) is 4.41. The Morgan fingerprint density at radius 3 is 2.71 bits per heavy atom. The highest BCUT2D eigenvalue weighted by molar-refractivity contribution is 5.90. The van der Waals surface area contributed by atoms with E-state index < -0.39 is 0 Å². The third kappa shape index (κ3) is 2.56. The molecule has 0 aromatic rings. The average molecular weight is 197 g/mol. The SMILES string of the molecule is CCC(=O)C1CC(=O)N(CC(C)C)C1. The Balaban J connectivity index is 2.51. The summed E-state index contributed by atoms with van der Waals surface area (Å²) in [5, 5.41) is 0. The Morgan fingerprint density at radius 1 is 1.57 bits per heavy atom. The fourth-order valence-corrected chi connectivity index (χ4v) is 1.89. The highest BCUT2D eigenvalue weighted by Crippen LogP contribution is 2.20. The molecule has 1 rings (SSSR count). The fraction of sp³-hybridized carbons (Fsp3) is 0.818. The van der Waals surface area contributed by atoms with E-state index in [1.165, 1.54) is 0 Å². The number of ketones is 1. The summed E-state index contributed by atoms with van der Waals surface area (Å²) in [6, 6.07) is 0. The van der Waals surface area contributed by atoms with E-state index in [4.69, 9.17) is 0 Å². The number of nitrogens with zero attached hydrogens (tertiary/aromatic N) is 1. The number of Topliss-reactive ketones (excluding diaryl/α,β-unsaturated/α-hetero) is 1. The Morgan fingerprint density at radius 2 is 2.21 bits per heavy atom. The van der Waals surface area contributed by atoms with Crippen LogP contribution >= 0.6 is 0 Å². The second-order valence-corrected chi connectivity index (χ2v) is 4.41. The molecule has 0 aliphatic carbocycles. The minimum atomic E-state index is -0.0359. The van der Waals surface area contributed by atoms with Gasteiger partial charge < -0.3 is 4.90 Å². The lowest BCUT2D eigenvalue weighted by molar-refractivity contribution is -0.128. The zero-order valence-electron chi connectivity index (χ0n) is 9.25. The highest BCUT2D eigenvalue weighted by atomic mass is 16.2. The maximum absolute atomic E-state index is 11.5. The highest BCUT2D eigenvalue weighted by Gasteiger charge is 2.33. The average Bonchev–Trinajstić information content (AvgIpc) is 2.46. The van der Waals surface area contributed by atoms with Crippen molar-refractivity contribution in [1.29, 1.82) is 0 Å². The summed E-state index contributed by atoms with van der Waals surface area (Å²) < 4.78 is 0. The lowest BCUT2D eigenvalue weighted by Gasteiger charge is -2.18. The molecular formula is C11H19NO2. The van der Waals surface area contributed by atoms with Crippen LogP contribution in [0.1, 0.15) is 33.6 Å². The molecule has 1 atom stereocenters. The van der Waals surface area contributed by atoms with Crippen molar-refractivity contribution >= 4 is 11.7 Å². The van der Waals surface area contributed by atoms with E-state index in [0.717, 1.165) is 6.54 Å². The van der Waals surface area contributed by atoms with Gasteiger partial charge in [0.05, 0.1) is 0 Å². The monoisotopic (exact) mass is 197 g/mol. The summed E-state index contributed by atoms with van der Waals surface area (Å²) in [5.41, 5.74) is 0. The van der Waals surface area contributed by atoms with Crippen LogP contribution in [-0.2, 0) is 9.59 Å². The maximum atomic E-state index is 11.5. The Hall–Kier alpha value is -0.860. The summed E-state index contributed by atoms with van der Waals surface area (Å²) in [5.74, 6) is 0.816. The van der Waals surface area contributed by atoms with Gasteiger partial charge >= 0.3 is 0 Å². The molecule has 0 spiro atoms. The van der Waals surface area contributed by atoms with E-state index in [0.29, 0.717) is 25.3 Å². The van der Waals surface area contributed by atoms with Gasteiger partial charge in [-0.15, -0.1) is 0 Å². The first-order chi connectivity index (χ1) is 6.54. The molecule has 14 heavy (non-hydrogen) atoms. The smallest absolute Gasteiger partial charge is 0.223 e. The van der Waals surface area contributed by atoms with Gasteiger partial charge in [0.2, 0.25) is 5.91 Å². The quantitative estimate of drug-likeness (QED) is 0.684. The molecule has 3 nitrogen and oxygen atoms in total. The molecule has 3 heteroatoms. The lowest BCUT2D eigenvalue weighted by atomic mass is 10.0. The van der Waals surface area contributed by atoms with Crippen molar-refractivity contribution in [2.24, 2.45) is 11.8 Å². The Labute approximate surface area is 85.5 Å². The molecule has 1 aliphatic heterocycles. The molecule has 0 saturated carbocycles. The van der Waals surface area contributed by atoms with Crippen molar-refractivity contribution in [3.63, 3.8) is 0 Å². The molecule has 0 radical (unpaired) electrons. The van der Waals surface area contributed by atoms with Crippen LogP contribution in [0.3, 0.4) is 0 Å². The lowest BCUT2D eigenvalue weighted by Crippen LogP contribution is -2.29. The molecule has 1 saturated heterocycles. The minimum absolute atomic E-state index is 0.0359. The molecule has 1 heterocycles. The van der Waals surface area contributed by atoms with Crippen LogP contribution in [0.2, 0.25) is 0 Å². The molecule has 1 fully saturated rings. The molecular weight excluding hydrogens is 178 g/mol. The van der Waals surface area contributed by atoms with Gasteiger partial charge in [-0.1, -0.05) is 20.8 Å². The minimum Gasteiger partial charge on any atom is -0.342 e. The molecule has 0 aromatic carbocycles. The van der Waals surface area contributed by atoms with E-state index in [-0.39, 0.29) is 17.6 Å².